The predicted molar refractivity (Wildman–Crippen MR) is 123 cm³/mol. The van der Waals surface area contributed by atoms with Gasteiger partial charge in [0.15, 0.2) is 5.96 Å². The minimum Gasteiger partial charge on any atom is -0.357 e. The lowest BCUT2D eigenvalue weighted by Crippen LogP contribution is -2.42. The van der Waals surface area contributed by atoms with Gasteiger partial charge < -0.3 is 20.1 Å². The molecule has 2 N–H and O–H groups in total. The lowest BCUT2D eigenvalue weighted by molar-refractivity contribution is 0.143. The SMILES string of the molecule is CCNC(=NCC1CCCN(C(C)C)C1)NCCCn1c(C)nc2ccccc21. The zero-order chi connectivity index (χ0) is 20.6. The number of para-hydroxylation sites is 2. The van der Waals surface area contributed by atoms with E-state index in [1.807, 2.05) is 6.07 Å². The molecule has 1 aromatic heterocycles. The molecule has 0 amide bonds. The van der Waals surface area contributed by atoms with Crippen LogP contribution in [0, 0.1) is 12.8 Å². The van der Waals surface area contributed by atoms with Gasteiger partial charge in [-0.3, -0.25) is 4.99 Å². The topological polar surface area (TPSA) is 57.5 Å². The van der Waals surface area contributed by atoms with E-state index in [1.54, 1.807) is 0 Å². The van der Waals surface area contributed by atoms with Crippen LogP contribution in [-0.2, 0) is 6.54 Å². The van der Waals surface area contributed by atoms with Crippen molar-refractivity contribution in [2.45, 2.75) is 59.5 Å². The van der Waals surface area contributed by atoms with E-state index in [-0.39, 0.29) is 0 Å². The molecule has 1 aromatic carbocycles. The van der Waals surface area contributed by atoms with Gasteiger partial charge in [-0.15, -0.1) is 0 Å². The summed E-state index contributed by atoms with van der Waals surface area (Å²) < 4.78 is 2.31. The number of fused-ring (bicyclic) bond motifs is 1. The number of benzene rings is 1. The van der Waals surface area contributed by atoms with Crippen LogP contribution in [0.1, 0.15) is 45.9 Å². The molecule has 1 saturated heterocycles. The van der Waals surface area contributed by atoms with Crippen molar-refractivity contribution >= 4 is 17.0 Å². The minimum absolute atomic E-state index is 0.635. The summed E-state index contributed by atoms with van der Waals surface area (Å²) in [5.41, 5.74) is 2.30. The van der Waals surface area contributed by atoms with E-state index in [0.29, 0.717) is 12.0 Å². The number of aromatic nitrogens is 2. The van der Waals surface area contributed by atoms with Crippen molar-refractivity contribution in [1.82, 2.24) is 25.1 Å². The highest BCUT2D eigenvalue weighted by molar-refractivity contribution is 5.79. The predicted octanol–water partition coefficient (Wildman–Crippen LogP) is 3.41. The van der Waals surface area contributed by atoms with Gasteiger partial charge in [0.2, 0.25) is 0 Å². The van der Waals surface area contributed by atoms with Gasteiger partial charge >= 0.3 is 0 Å². The van der Waals surface area contributed by atoms with Gasteiger partial charge in [-0.25, -0.2) is 4.98 Å². The van der Waals surface area contributed by atoms with Crippen molar-refractivity contribution in [3.05, 3.63) is 30.1 Å². The van der Waals surface area contributed by atoms with Gasteiger partial charge in [0.05, 0.1) is 11.0 Å². The number of imidazole rings is 1. The molecular formula is C23H38N6. The molecule has 160 valence electrons. The van der Waals surface area contributed by atoms with Crippen molar-refractivity contribution in [3.8, 4) is 0 Å². The van der Waals surface area contributed by atoms with E-state index in [0.717, 1.165) is 49.9 Å². The highest BCUT2D eigenvalue weighted by Gasteiger charge is 2.21. The number of hydrogen-bond acceptors (Lipinski definition) is 3. The molecule has 0 aliphatic carbocycles. The van der Waals surface area contributed by atoms with Crippen LogP contribution < -0.4 is 10.6 Å². The number of nitrogens with zero attached hydrogens (tertiary/aromatic N) is 4. The first-order valence-electron chi connectivity index (χ1n) is 11.3. The van der Waals surface area contributed by atoms with Gasteiger partial charge in [0.25, 0.3) is 0 Å². The lowest BCUT2D eigenvalue weighted by atomic mass is 9.97. The first kappa shape index (κ1) is 21.6. The smallest absolute Gasteiger partial charge is 0.191 e. The van der Waals surface area contributed by atoms with Crippen LogP contribution in [0.25, 0.3) is 11.0 Å². The molecule has 1 aliphatic rings. The zero-order valence-corrected chi connectivity index (χ0v) is 18.6. The van der Waals surface area contributed by atoms with E-state index in [2.05, 4.69) is 71.0 Å². The van der Waals surface area contributed by atoms with Crippen LogP contribution >= 0.6 is 0 Å². The Morgan fingerprint density at radius 2 is 2.10 bits per heavy atom. The van der Waals surface area contributed by atoms with Crippen LogP contribution in [0.2, 0.25) is 0 Å². The third-order valence-corrected chi connectivity index (χ3v) is 5.83. The van der Waals surface area contributed by atoms with Gasteiger partial charge in [-0.2, -0.15) is 0 Å². The quantitative estimate of drug-likeness (QED) is 0.406. The Morgan fingerprint density at radius 3 is 2.90 bits per heavy atom. The second kappa shape index (κ2) is 10.6. The van der Waals surface area contributed by atoms with Gasteiger partial charge in [0.1, 0.15) is 5.82 Å². The molecule has 0 spiro atoms. The summed E-state index contributed by atoms with van der Waals surface area (Å²) in [5.74, 6) is 2.70. The molecule has 1 unspecified atom stereocenters. The van der Waals surface area contributed by atoms with Crippen LogP contribution in [0.15, 0.2) is 29.3 Å². The molecule has 1 fully saturated rings. The minimum atomic E-state index is 0.635. The Morgan fingerprint density at radius 1 is 1.28 bits per heavy atom. The summed E-state index contributed by atoms with van der Waals surface area (Å²) in [6.07, 6.45) is 3.62. The average Bonchev–Trinajstić information content (AvgIpc) is 3.04. The number of guanidine groups is 1. The number of nitrogens with one attached hydrogen (secondary N) is 2. The summed E-state index contributed by atoms with van der Waals surface area (Å²) in [6.45, 7) is 14.9. The lowest BCUT2D eigenvalue weighted by Gasteiger charge is -2.34. The first-order chi connectivity index (χ1) is 14.1. The molecule has 2 aromatic rings. The monoisotopic (exact) mass is 398 g/mol. The standard InChI is InChI=1S/C23H38N6/c1-5-24-23(26-16-20-10-8-14-28(17-20)18(2)3)25-13-9-15-29-19(4)27-21-11-6-7-12-22(21)29/h6-7,11-12,18,20H,5,8-10,13-17H2,1-4H3,(H2,24,25,26). The van der Waals surface area contributed by atoms with Gasteiger partial charge in [-0.05, 0) is 71.6 Å². The molecule has 2 heterocycles. The number of aryl methyl sites for hydroxylation is 2. The maximum Gasteiger partial charge on any atom is 0.191 e. The molecule has 0 saturated carbocycles. The van der Waals surface area contributed by atoms with Gasteiger partial charge in [0, 0.05) is 38.8 Å². The zero-order valence-electron chi connectivity index (χ0n) is 18.6. The van der Waals surface area contributed by atoms with Crippen molar-refractivity contribution in [2.75, 3.05) is 32.7 Å². The molecule has 1 atom stereocenters. The molecule has 29 heavy (non-hydrogen) atoms. The first-order valence-corrected chi connectivity index (χ1v) is 11.3. The third-order valence-electron chi connectivity index (χ3n) is 5.83. The molecule has 0 radical (unpaired) electrons. The highest BCUT2D eigenvalue weighted by Crippen LogP contribution is 2.18. The largest absolute Gasteiger partial charge is 0.357 e. The summed E-state index contributed by atoms with van der Waals surface area (Å²) in [6, 6.07) is 9.00. The van der Waals surface area contributed by atoms with Crippen molar-refractivity contribution in [3.63, 3.8) is 0 Å². The maximum absolute atomic E-state index is 4.88. The molecule has 3 rings (SSSR count). The molecule has 6 heteroatoms. The Hall–Kier alpha value is -2.08. The van der Waals surface area contributed by atoms with Crippen LogP contribution in [0.3, 0.4) is 0 Å². The summed E-state index contributed by atoms with van der Waals surface area (Å²) in [7, 11) is 0. The molecule has 6 nitrogen and oxygen atoms in total. The number of aliphatic imine (C=N–C) groups is 1. The number of rotatable bonds is 8. The van der Waals surface area contributed by atoms with Crippen LogP contribution in [-0.4, -0.2) is 59.2 Å². The number of piperidine rings is 1. The van der Waals surface area contributed by atoms with Crippen molar-refractivity contribution in [1.29, 1.82) is 0 Å². The van der Waals surface area contributed by atoms with E-state index in [4.69, 9.17) is 4.99 Å². The molecule has 1 aliphatic heterocycles. The summed E-state index contributed by atoms with van der Waals surface area (Å²) in [4.78, 5) is 12.1. The van der Waals surface area contributed by atoms with Crippen molar-refractivity contribution < 1.29 is 0 Å². The van der Waals surface area contributed by atoms with E-state index >= 15 is 0 Å². The van der Waals surface area contributed by atoms with Crippen LogP contribution in [0.4, 0.5) is 0 Å². The fourth-order valence-electron chi connectivity index (χ4n) is 4.20. The fourth-order valence-corrected chi connectivity index (χ4v) is 4.20. The molecular weight excluding hydrogens is 360 g/mol. The number of hydrogen-bond donors (Lipinski definition) is 2. The fraction of sp³-hybridized carbons (Fsp3) is 0.652. The Bertz CT molecular complexity index is 794. The summed E-state index contributed by atoms with van der Waals surface area (Å²) in [5, 5.41) is 6.91. The van der Waals surface area contributed by atoms with Crippen LogP contribution in [0.5, 0.6) is 0 Å². The molecule has 0 bridgehead atoms. The average molecular weight is 399 g/mol. The second-order valence-corrected chi connectivity index (χ2v) is 8.40. The normalized spacial score (nSPS) is 18.5. The Kier molecular flexibility index (Phi) is 7.92. The number of likely N-dealkylation sites (tertiary alicyclic amines) is 1. The summed E-state index contributed by atoms with van der Waals surface area (Å²) >= 11 is 0. The maximum atomic E-state index is 4.88. The Balaban J connectivity index is 1.49. The van der Waals surface area contributed by atoms with E-state index in [1.165, 1.54) is 31.4 Å². The van der Waals surface area contributed by atoms with Crippen molar-refractivity contribution in [2.24, 2.45) is 10.9 Å². The van der Waals surface area contributed by atoms with E-state index in [9.17, 15) is 0 Å². The second-order valence-electron chi connectivity index (χ2n) is 8.40. The highest BCUT2D eigenvalue weighted by atomic mass is 15.2. The third kappa shape index (κ3) is 5.95. The Labute approximate surface area is 175 Å². The van der Waals surface area contributed by atoms with Gasteiger partial charge in [-0.1, -0.05) is 12.1 Å². The van der Waals surface area contributed by atoms with E-state index < -0.39 is 0 Å².